The van der Waals surface area contributed by atoms with Gasteiger partial charge >= 0.3 is 5.97 Å². The molecule has 0 bridgehead atoms. The van der Waals surface area contributed by atoms with Gasteiger partial charge in [0.1, 0.15) is 6.04 Å². The van der Waals surface area contributed by atoms with Gasteiger partial charge in [-0.05, 0) is 36.4 Å². The van der Waals surface area contributed by atoms with Crippen LogP contribution < -0.4 is 14.2 Å². The van der Waals surface area contributed by atoms with Crippen molar-refractivity contribution in [3.8, 4) is 0 Å². The molecule has 8 nitrogen and oxygen atoms in total. The minimum Gasteiger partial charge on any atom is -0.478 e. The van der Waals surface area contributed by atoms with Crippen LogP contribution in [0.4, 0.5) is 0 Å². The molecule has 0 aliphatic heterocycles. The van der Waals surface area contributed by atoms with E-state index in [0.717, 1.165) is 17.7 Å². The Kier molecular flexibility index (Phi) is 12.2. The molecule has 3 atom stereocenters. The number of aliphatic carboxylic acids is 1. The lowest BCUT2D eigenvalue weighted by molar-refractivity contribution is -0.141. The van der Waals surface area contributed by atoms with Crippen molar-refractivity contribution >= 4 is 40.6 Å². The minimum atomic E-state index is -1.02. The van der Waals surface area contributed by atoms with E-state index >= 15 is 0 Å². The molecule has 1 unspecified atom stereocenters. The van der Waals surface area contributed by atoms with Crippen LogP contribution in [0.15, 0.2) is 35.9 Å². The monoisotopic (exact) mass is 628 g/mol. The lowest BCUT2D eigenvalue weighted by Gasteiger charge is -2.40. The Bertz CT molecular complexity index is 967. The number of hydrogen-bond acceptors (Lipinski definition) is 5. The largest absolute Gasteiger partial charge is 0.478 e. The first kappa shape index (κ1) is 33.0. The first-order chi connectivity index (χ1) is 17.0. The van der Waals surface area contributed by atoms with Crippen LogP contribution in [0, 0.1) is 11.3 Å². The van der Waals surface area contributed by atoms with Crippen molar-refractivity contribution in [1.29, 1.82) is 0 Å². The van der Waals surface area contributed by atoms with Gasteiger partial charge < -0.3 is 20.6 Å². The molecule has 2 amide bonds. The molecule has 0 radical (unpaired) electrons. The third-order valence-electron chi connectivity index (χ3n) is 6.88. The molecule has 0 aromatic heterocycles. The zero-order valence-corrected chi connectivity index (χ0v) is 26.1. The van der Waals surface area contributed by atoms with Crippen LogP contribution in [-0.4, -0.2) is 60.0 Å². The summed E-state index contributed by atoms with van der Waals surface area (Å²) in [5, 5.41) is 15.5. The van der Waals surface area contributed by atoms with Gasteiger partial charge in [-0.15, -0.1) is 0 Å². The maximum absolute atomic E-state index is 13.8. The van der Waals surface area contributed by atoms with E-state index in [2.05, 4.69) is 37.0 Å². The van der Waals surface area contributed by atoms with Gasteiger partial charge in [0.05, 0.1) is 12.1 Å². The summed E-state index contributed by atoms with van der Waals surface area (Å²) in [7, 11) is 3.41. The van der Waals surface area contributed by atoms with E-state index in [9.17, 15) is 19.5 Å². The average molecular weight is 629 g/mol. The molecular formula is C28H45IN4O4. The average Bonchev–Trinajstić information content (AvgIpc) is 2.79. The number of amides is 2. The van der Waals surface area contributed by atoms with Crippen LogP contribution in [0.3, 0.4) is 0 Å². The summed E-state index contributed by atoms with van der Waals surface area (Å²) in [4.78, 5) is 40.4. The fraction of sp³-hybridized carbons (Fsp3) is 0.607. The van der Waals surface area contributed by atoms with E-state index in [4.69, 9.17) is 0 Å². The van der Waals surface area contributed by atoms with Crippen molar-refractivity contribution in [3.63, 3.8) is 0 Å². The summed E-state index contributed by atoms with van der Waals surface area (Å²) in [6, 6.07) is 6.31. The number of carboxylic acid groups (broad SMARTS) is 1. The molecule has 37 heavy (non-hydrogen) atoms. The molecule has 0 aliphatic carbocycles. The molecule has 0 heterocycles. The van der Waals surface area contributed by atoms with Gasteiger partial charge in [-0.3, -0.25) is 13.1 Å². The lowest BCUT2D eigenvalue weighted by Crippen LogP contribution is -2.61. The predicted molar refractivity (Wildman–Crippen MR) is 157 cm³/mol. The van der Waals surface area contributed by atoms with Gasteiger partial charge in [-0.2, -0.15) is 0 Å². The Labute approximate surface area is 236 Å². The molecule has 9 heteroatoms. The molecule has 0 spiro atoms. The van der Waals surface area contributed by atoms with Gasteiger partial charge in [-0.1, -0.05) is 78.8 Å². The van der Waals surface area contributed by atoms with Crippen LogP contribution in [0.25, 0.3) is 0 Å². The minimum absolute atomic E-state index is 0.0195. The Hall–Kier alpha value is -1.98. The predicted octanol–water partition coefficient (Wildman–Crippen LogP) is 4.04. The fourth-order valence-corrected chi connectivity index (χ4v) is 4.86. The number of halogens is 1. The van der Waals surface area contributed by atoms with E-state index in [1.54, 1.807) is 25.1 Å². The van der Waals surface area contributed by atoms with Crippen molar-refractivity contribution in [2.75, 3.05) is 14.1 Å². The highest BCUT2D eigenvalue weighted by Gasteiger charge is 2.41. The van der Waals surface area contributed by atoms with Crippen LogP contribution in [0.2, 0.25) is 0 Å². The Morgan fingerprint density at radius 2 is 1.59 bits per heavy atom. The van der Waals surface area contributed by atoms with Crippen molar-refractivity contribution in [3.05, 3.63) is 47.0 Å². The number of hydrogen-bond donors (Lipinski definition) is 4. The van der Waals surface area contributed by atoms with Crippen molar-refractivity contribution in [2.24, 2.45) is 11.3 Å². The van der Waals surface area contributed by atoms with Gasteiger partial charge in [0.2, 0.25) is 11.8 Å². The van der Waals surface area contributed by atoms with Crippen molar-refractivity contribution < 1.29 is 19.5 Å². The summed E-state index contributed by atoms with van der Waals surface area (Å²) in [6.07, 6.45) is 1.60. The number of nitrogens with one attached hydrogen (secondary N) is 3. The summed E-state index contributed by atoms with van der Waals surface area (Å²) in [5.74, 6) is -1.58. The number of carboxylic acids is 1. The highest BCUT2D eigenvalue weighted by molar-refractivity contribution is 14.1. The second-order valence-electron chi connectivity index (χ2n) is 11.6. The zero-order chi connectivity index (χ0) is 28.7. The Balaban J connectivity index is 3.29. The van der Waals surface area contributed by atoms with E-state index in [0.29, 0.717) is 0 Å². The first-order valence-corrected chi connectivity index (χ1v) is 13.7. The second kappa shape index (κ2) is 13.7. The van der Waals surface area contributed by atoms with Gasteiger partial charge in [0.25, 0.3) is 0 Å². The highest BCUT2D eigenvalue weighted by Crippen LogP contribution is 2.29. The van der Waals surface area contributed by atoms with Crippen LogP contribution >= 0.6 is 22.9 Å². The third-order valence-corrected chi connectivity index (χ3v) is 7.26. The number of carbonyl (C=O) groups is 3. The number of nitrogens with zero attached hydrogens (tertiary/aromatic N) is 1. The summed E-state index contributed by atoms with van der Waals surface area (Å²) in [6.45, 7) is 15.9. The topological polar surface area (TPSA) is 111 Å². The number of benzene rings is 1. The van der Waals surface area contributed by atoms with Crippen LogP contribution in [0.5, 0.6) is 0 Å². The van der Waals surface area contributed by atoms with Crippen molar-refractivity contribution in [1.82, 2.24) is 19.1 Å². The molecule has 1 aromatic carbocycles. The zero-order valence-electron chi connectivity index (χ0n) is 23.9. The van der Waals surface area contributed by atoms with Crippen LogP contribution in [-0.2, 0) is 26.3 Å². The molecule has 0 aliphatic rings. The van der Waals surface area contributed by atoms with Gasteiger partial charge in [0.15, 0.2) is 0 Å². The van der Waals surface area contributed by atoms with E-state index < -0.39 is 34.9 Å². The molecule has 208 valence electrons. The number of likely N-dealkylation sites (N-methyl/N-ethyl adjacent to an activating group) is 2. The lowest BCUT2D eigenvalue weighted by atomic mass is 9.76. The second-order valence-corrected chi connectivity index (χ2v) is 12.4. The highest BCUT2D eigenvalue weighted by atomic mass is 127. The molecule has 1 aromatic rings. The van der Waals surface area contributed by atoms with E-state index in [-0.39, 0.29) is 23.3 Å². The fourth-order valence-electron chi connectivity index (χ4n) is 4.42. The van der Waals surface area contributed by atoms with E-state index in [1.165, 1.54) is 6.92 Å². The summed E-state index contributed by atoms with van der Waals surface area (Å²) in [5.41, 5.74) is 1.18. The molecule has 0 saturated carbocycles. The quantitative estimate of drug-likeness (QED) is 0.158. The third kappa shape index (κ3) is 8.78. The van der Waals surface area contributed by atoms with Gasteiger partial charge in [-0.25, -0.2) is 4.79 Å². The van der Waals surface area contributed by atoms with Crippen molar-refractivity contribution in [2.45, 2.75) is 85.5 Å². The first-order valence-electron chi connectivity index (χ1n) is 12.6. The maximum atomic E-state index is 13.8. The standard InChI is InChI=1S/C28H45IN4O4/c1-17(2)21(15-18(3)26(36)37)33(10)25(35)23(27(4,5)6)32-24(34)22(30-9)28(7,8)20-13-11-19(12-14-20)16-31-29/h11-15,17,21-23,30-31H,16H2,1-10H3,(H,32,34)(H,36,37)/b18-15+/t21-,22?,23-/m1/s1. The Morgan fingerprint density at radius 3 is 2.00 bits per heavy atom. The molecule has 0 saturated heterocycles. The number of carbonyl (C=O) groups excluding carboxylic acids is 2. The van der Waals surface area contributed by atoms with Crippen LogP contribution in [0.1, 0.15) is 66.5 Å². The van der Waals surface area contributed by atoms with E-state index in [1.807, 2.05) is 72.7 Å². The van der Waals surface area contributed by atoms with Gasteiger partial charge in [0, 0.05) is 47.4 Å². The molecule has 0 fully saturated rings. The smallest absolute Gasteiger partial charge is 0.331 e. The SMILES string of the molecule is CNC(C(=O)N[C@H](C(=O)N(C)[C@H](/C=C(\C)C(=O)O)C(C)C)C(C)(C)C)C(C)(C)c1ccc(CNI)cc1. The Morgan fingerprint density at radius 1 is 1.05 bits per heavy atom. The summed E-state index contributed by atoms with van der Waals surface area (Å²) >= 11 is 2.11. The number of rotatable bonds is 12. The normalized spacial score (nSPS) is 15.2. The summed E-state index contributed by atoms with van der Waals surface area (Å²) < 4.78 is 3.11. The molecular weight excluding hydrogens is 583 g/mol. The molecule has 1 rings (SSSR count). The maximum Gasteiger partial charge on any atom is 0.331 e. The molecule has 4 N–H and O–H groups in total.